The van der Waals surface area contributed by atoms with Gasteiger partial charge in [-0.2, -0.15) is 0 Å². The van der Waals surface area contributed by atoms with Crippen LogP contribution in [0, 0.1) is 25.7 Å². The van der Waals surface area contributed by atoms with Crippen molar-refractivity contribution in [2.45, 2.75) is 39.2 Å². The van der Waals surface area contributed by atoms with Gasteiger partial charge in [0.2, 0.25) is 0 Å². The van der Waals surface area contributed by atoms with Gasteiger partial charge in [0.15, 0.2) is 0 Å². The van der Waals surface area contributed by atoms with Crippen molar-refractivity contribution in [1.29, 1.82) is 0 Å². The first-order valence-corrected chi connectivity index (χ1v) is 7.53. The van der Waals surface area contributed by atoms with Crippen molar-refractivity contribution in [3.63, 3.8) is 0 Å². The summed E-state index contributed by atoms with van der Waals surface area (Å²) in [6.45, 7) is 5.63. The Bertz CT molecular complexity index is 528. The van der Waals surface area contributed by atoms with Crippen molar-refractivity contribution in [2.24, 2.45) is 17.6 Å². The Hall–Kier alpha value is -1.42. The van der Waals surface area contributed by atoms with E-state index in [-0.39, 0.29) is 5.91 Å². The molecule has 2 N–H and O–H groups in total. The van der Waals surface area contributed by atoms with Crippen LogP contribution in [0.1, 0.15) is 41.0 Å². The van der Waals surface area contributed by atoms with Crippen molar-refractivity contribution in [3.8, 4) is 0 Å². The molecule has 0 radical (unpaired) electrons. The van der Waals surface area contributed by atoms with Crippen LogP contribution in [-0.2, 0) is 0 Å². The molecule has 20 heavy (non-hydrogen) atoms. The Kier molecular flexibility index (Phi) is 3.50. The van der Waals surface area contributed by atoms with Crippen molar-refractivity contribution in [3.05, 3.63) is 29.1 Å². The van der Waals surface area contributed by atoms with Gasteiger partial charge in [0, 0.05) is 24.8 Å². The third-order valence-corrected chi connectivity index (χ3v) is 4.83. The molecule has 108 valence electrons. The van der Waals surface area contributed by atoms with Crippen molar-refractivity contribution < 1.29 is 4.79 Å². The van der Waals surface area contributed by atoms with Crippen molar-refractivity contribution >= 4 is 5.91 Å². The molecule has 1 saturated heterocycles. The number of aryl methyl sites for hydroxylation is 2. The predicted octanol–water partition coefficient (Wildman–Crippen LogP) is 1.90. The molecule has 4 heteroatoms. The van der Waals surface area contributed by atoms with Crippen LogP contribution < -0.4 is 5.73 Å². The summed E-state index contributed by atoms with van der Waals surface area (Å²) < 4.78 is 0. The lowest BCUT2D eigenvalue weighted by atomic mass is 9.79. The van der Waals surface area contributed by atoms with Crippen molar-refractivity contribution in [2.75, 3.05) is 13.1 Å². The number of aromatic nitrogens is 1. The van der Waals surface area contributed by atoms with Crippen LogP contribution in [-0.4, -0.2) is 34.9 Å². The van der Waals surface area contributed by atoms with Crippen LogP contribution in [0.2, 0.25) is 0 Å². The van der Waals surface area contributed by atoms with Gasteiger partial charge in [0.25, 0.3) is 5.91 Å². The minimum absolute atomic E-state index is 0.137. The standard InChI is InChI=1S/C16H23N3O/c1-10-3-6-15(11(2)18-10)16(20)19-8-12-4-5-14(17)7-13(12)9-19/h3,6,12-14H,4-5,7-9,17H2,1-2H3/t12-,13+,14?/m1/s1. The summed E-state index contributed by atoms with van der Waals surface area (Å²) in [6.07, 6.45) is 3.34. The number of likely N-dealkylation sites (tertiary alicyclic amines) is 1. The molecule has 1 aliphatic carbocycles. The molecule has 0 aromatic carbocycles. The average molecular weight is 273 g/mol. The summed E-state index contributed by atoms with van der Waals surface area (Å²) in [5.41, 5.74) is 8.59. The zero-order valence-electron chi connectivity index (χ0n) is 12.3. The number of pyridine rings is 1. The number of amides is 1. The largest absolute Gasteiger partial charge is 0.338 e. The van der Waals surface area contributed by atoms with E-state index in [1.165, 1.54) is 6.42 Å². The SMILES string of the molecule is Cc1ccc(C(=O)N2C[C@H]3CCC(N)C[C@H]3C2)c(C)n1. The molecule has 1 aromatic heterocycles. The fourth-order valence-corrected chi connectivity index (χ4v) is 3.72. The summed E-state index contributed by atoms with van der Waals surface area (Å²) in [6, 6.07) is 4.15. The average Bonchev–Trinajstić information content (AvgIpc) is 2.81. The number of nitrogens with two attached hydrogens (primary N) is 1. The maximum Gasteiger partial charge on any atom is 0.255 e. The summed E-state index contributed by atoms with van der Waals surface area (Å²) in [5, 5.41) is 0. The summed E-state index contributed by atoms with van der Waals surface area (Å²) >= 11 is 0. The van der Waals surface area contributed by atoms with Crippen LogP contribution in [0.15, 0.2) is 12.1 Å². The fraction of sp³-hybridized carbons (Fsp3) is 0.625. The molecule has 0 spiro atoms. The molecule has 1 unspecified atom stereocenters. The lowest BCUT2D eigenvalue weighted by Gasteiger charge is -2.27. The topological polar surface area (TPSA) is 59.2 Å². The van der Waals surface area contributed by atoms with Crippen LogP contribution in [0.5, 0.6) is 0 Å². The fourth-order valence-electron chi connectivity index (χ4n) is 3.72. The first-order valence-electron chi connectivity index (χ1n) is 7.53. The highest BCUT2D eigenvalue weighted by molar-refractivity contribution is 5.95. The zero-order valence-corrected chi connectivity index (χ0v) is 12.3. The quantitative estimate of drug-likeness (QED) is 0.850. The van der Waals surface area contributed by atoms with Gasteiger partial charge in [-0.25, -0.2) is 0 Å². The van der Waals surface area contributed by atoms with Crippen LogP contribution in [0.25, 0.3) is 0 Å². The molecule has 2 heterocycles. The third kappa shape index (κ3) is 2.44. The number of rotatable bonds is 1. The Labute approximate surface area is 120 Å². The van der Waals surface area contributed by atoms with E-state index in [0.29, 0.717) is 17.9 Å². The summed E-state index contributed by atoms with van der Waals surface area (Å²) in [5.74, 6) is 1.39. The second-order valence-electron chi connectivity index (χ2n) is 6.39. The van der Waals surface area contributed by atoms with Crippen molar-refractivity contribution in [1.82, 2.24) is 9.88 Å². The minimum atomic E-state index is 0.137. The Morgan fingerprint density at radius 1 is 1.25 bits per heavy atom. The Morgan fingerprint density at radius 2 is 2.00 bits per heavy atom. The number of hydrogen-bond donors (Lipinski definition) is 1. The first-order chi connectivity index (χ1) is 9.54. The van der Waals surface area contributed by atoms with Crippen LogP contribution >= 0.6 is 0 Å². The molecule has 1 saturated carbocycles. The normalized spacial score (nSPS) is 29.4. The number of hydrogen-bond acceptors (Lipinski definition) is 3. The molecule has 1 aromatic rings. The second kappa shape index (κ2) is 5.17. The molecular formula is C16H23N3O. The molecule has 4 nitrogen and oxygen atoms in total. The molecule has 1 aliphatic heterocycles. The van der Waals surface area contributed by atoms with Crippen LogP contribution in [0.4, 0.5) is 0 Å². The van der Waals surface area contributed by atoms with E-state index in [9.17, 15) is 4.79 Å². The molecule has 3 atom stereocenters. The van der Waals surface area contributed by atoms with Gasteiger partial charge < -0.3 is 10.6 Å². The van der Waals surface area contributed by atoms with E-state index in [2.05, 4.69) is 4.98 Å². The summed E-state index contributed by atoms with van der Waals surface area (Å²) in [7, 11) is 0. The van der Waals surface area contributed by atoms with E-state index in [1.807, 2.05) is 30.9 Å². The third-order valence-electron chi connectivity index (χ3n) is 4.83. The predicted molar refractivity (Wildman–Crippen MR) is 78.4 cm³/mol. The maximum atomic E-state index is 12.7. The minimum Gasteiger partial charge on any atom is -0.338 e. The van der Waals surface area contributed by atoms with Gasteiger partial charge in [0.05, 0.1) is 11.3 Å². The number of nitrogens with zero attached hydrogens (tertiary/aromatic N) is 2. The summed E-state index contributed by atoms with van der Waals surface area (Å²) in [4.78, 5) is 19.1. The molecule has 2 aliphatic rings. The molecule has 3 rings (SSSR count). The lowest BCUT2D eigenvalue weighted by molar-refractivity contribution is 0.0782. The van der Waals surface area contributed by atoms with Crippen LogP contribution in [0.3, 0.4) is 0 Å². The Morgan fingerprint density at radius 3 is 2.75 bits per heavy atom. The second-order valence-corrected chi connectivity index (χ2v) is 6.39. The molecule has 0 bridgehead atoms. The zero-order chi connectivity index (χ0) is 14.3. The lowest BCUT2D eigenvalue weighted by Crippen LogP contribution is -2.32. The van der Waals surface area contributed by atoms with E-state index >= 15 is 0 Å². The highest BCUT2D eigenvalue weighted by Gasteiger charge is 2.38. The number of carbonyl (C=O) groups is 1. The van der Waals surface area contributed by atoms with Gasteiger partial charge in [-0.3, -0.25) is 9.78 Å². The van der Waals surface area contributed by atoms with E-state index < -0.39 is 0 Å². The van der Waals surface area contributed by atoms with E-state index in [4.69, 9.17) is 5.73 Å². The monoisotopic (exact) mass is 273 g/mol. The first kappa shape index (κ1) is 13.6. The molecule has 1 amide bonds. The molecular weight excluding hydrogens is 250 g/mol. The highest BCUT2D eigenvalue weighted by atomic mass is 16.2. The van der Waals surface area contributed by atoms with E-state index in [0.717, 1.165) is 42.9 Å². The Balaban J connectivity index is 1.75. The van der Waals surface area contributed by atoms with E-state index in [1.54, 1.807) is 0 Å². The highest BCUT2D eigenvalue weighted by Crippen LogP contribution is 2.36. The van der Waals surface area contributed by atoms with Gasteiger partial charge in [-0.1, -0.05) is 0 Å². The number of carbonyl (C=O) groups excluding carboxylic acids is 1. The van der Waals surface area contributed by atoms with Gasteiger partial charge in [0.1, 0.15) is 0 Å². The number of fused-ring (bicyclic) bond motifs is 1. The smallest absolute Gasteiger partial charge is 0.255 e. The van der Waals surface area contributed by atoms with Gasteiger partial charge in [-0.15, -0.1) is 0 Å². The molecule has 2 fully saturated rings. The maximum absolute atomic E-state index is 12.7. The van der Waals surface area contributed by atoms with Gasteiger partial charge in [-0.05, 0) is 57.1 Å². The van der Waals surface area contributed by atoms with Gasteiger partial charge >= 0.3 is 0 Å².